The number of hydrogen-bond donors (Lipinski definition) is 0. The molecule has 0 aliphatic heterocycles. The van der Waals surface area contributed by atoms with Crippen molar-refractivity contribution in [1.29, 1.82) is 0 Å². The Balaban J connectivity index is 2.02. The summed E-state index contributed by atoms with van der Waals surface area (Å²) in [5.74, 6) is 0.607. The van der Waals surface area contributed by atoms with Gasteiger partial charge in [0.2, 0.25) is 0 Å². The molecular formula is C18H18N2O2S2. The number of aryl methyl sites for hydroxylation is 1. The molecular weight excluding hydrogens is 340 g/mol. The summed E-state index contributed by atoms with van der Waals surface area (Å²) < 4.78 is 8.52. The van der Waals surface area contributed by atoms with Crippen LogP contribution in [0.5, 0.6) is 5.75 Å². The molecule has 3 aromatic rings. The minimum absolute atomic E-state index is 0.224. The van der Waals surface area contributed by atoms with Crippen LogP contribution in [0, 0.1) is 0 Å². The van der Waals surface area contributed by atoms with Gasteiger partial charge in [0.05, 0.1) is 16.8 Å². The van der Waals surface area contributed by atoms with Crippen LogP contribution in [0.1, 0.15) is 17.3 Å². The molecule has 24 heavy (non-hydrogen) atoms. The van der Waals surface area contributed by atoms with E-state index in [0.29, 0.717) is 17.0 Å². The lowest BCUT2D eigenvalue weighted by Gasteiger charge is -2.02. The summed E-state index contributed by atoms with van der Waals surface area (Å²) in [6.45, 7) is 2.59. The lowest BCUT2D eigenvalue weighted by atomic mass is 10.2. The molecule has 0 N–H and O–H groups in total. The molecule has 1 aromatic heterocycles. The van der Waals surface area contributed by atoms with E-state index in [1.807, 2.05) is 61.2 Å². The average Bonchev–Trinajstić information content (AvgIpc) is 2.90. The van der Waals surface area contributed by atoms with Crippen LogP contribution < -0.4 is 9.54 Å². The highest BCUT2D eigenvalue weighted by atomic mass is 32.2. The van der Waals surface area contributed by atoms with Crippen molar-refractivity contribution in [2.24, 2.45) is 12.0 Å². The molecule has 6 heteroatoms. The highest BCUT2D eigenvalue weighted by Crippen LogP contribution is 2.23. The third-order valence-electron chi connectivity index (χ3n) is 3.61. The maximum atomic E-state index is 12.5. The van der Waals surface area contributed by atoms with Crippen molar-refractivity contribution in [2.75, 3.05) is 12.9 Å². The second-order valence-electron chi connectivity index (χ2n) is 5.16. The molecule has 0 aliphatic carbocycles. The van der Waals surface area contributed by atoms with Crippen LogP contribution in [-0.4, -0.2) is 23.3 Å². The molecule has 0 saturated carbocycles. The Labute approximate surface area is 148 Å². The SMILES string of the molecule is CCOc1ccc2c(c1)sc(=NC(=O)c1cccc(SC)c1)n2C. The average molecular weight is 358 g/mol. The summed E-state index contributed by atoms with van der Waals surface area (Å²) in [7, 11) is 1.92. The number of carbonyl (C=O) groups excluding carboxylic acids is 1. The van der Waals surface area contributed by atoms with E-state index in [4.69, 9.17) is 4.74 Å². The van der Waals surface area contributed by atoms with Gasteiger partial charge in [-0.15, -0.1) is 11.8 Å². The molecule has 0 radical (unpaired) electrons. The molecule has 0 fully saturated rings. The summed E-state index contributed by atoms with van der Waals surface area (Å²) in [5.41, 5.74) is 1.64. The predicted octanol–water partition coefficient (Wildman–Crippen LogP) is 4.10. The second kappa shape index (κ2) is 7.23. The fraction of sp³-hybridized carbons (Fsp3) is 0.222. The predicted molar refractivity (Wildman–Crippen MR) is 100 cm³/mol. The number of hydrogen-bond acceptors (Lipinski definition) is 4. The number of thiazole rings is 1. The normalized spacial score (nSPS) is 11.9. The number of benzene rings is 2. The standard InChI is InChI=1S/C18H18N2O2S2/c1-4-22-13-8-9-15-16(11-13)24-18(20(15)2)19-17(21)12-6-5-7-14(10-12)23-3/h5-11H,4H2,1-3H3. The smallest absolute Gasteiger partial charge is 0.279 e. The van der Waals surface area contributed by atoms with Gasteiger partial charge in [0.1, 0.15) is 5.75 Å². The molecule has 2 aromatic carbocycles. The zero-order chi connectivity index (χ0) is 17.1. The first-order valence-electron chi connectivity index (χ1n) is 7.58. The summed E-state index contributed by atoms with van der Waals surface area (Å²) in [5, 5.41) is 0. The van der Waals surface area contributed by atoms with Gasteiger partial charge in [-0.2, -0.15) is 4.99 Å². The quantitative estimate of drug-likeness (QED) is 0.660. The van der Waals surface area contributed by atoms with Gasteiger partial charge < -0.3 is 9.30 Å². The minimum atomic E-state index is -0.224. The first-order chi connectivity index (χ1) is 11.6. The first-order valence-corrected chi connectivity index (χ1v) is 9.62. The van der Waals surface area contributed by atoms with Crippen molar-refractivity contribution in [3.05, 3.63) is 52.8 Å². The van der Waals surface area contributed by atoms with E-state index >= 15 is 0 Å². The van der Waals surface area contributed by atoms with Crippen LogP contribution in [0.15, 0.2) is 52.4 Å². The van der Waals surface area contributed by atoms with Crippen LogP contribution >= 0.6 is 23.1 Å². The molecule has 0 atom stereocenters. The van der Waals surface area contributed by atoms with E-state index in [1.165, 1.54) is 11.3 Å². The van der Waals surface area contributed by atoms with E-state index in [1.54, 1.807) is 17.8 Å². The summed E-state index contributed by atoms with van der Waals surface area (Å²) in [4.78, 5) is 18.5. The highest BCUT2D eigenvalue weighted by Gasteiger charge is 2.08. The van der Waals surface area contributed by atoms with E-state index in [-0.39, 0.29) is 5.91 Å². The summed E-state index contributed by atoms with van der Waals surface area (Å²) in [6.07, 6.45) is 1.99. The van der Waals surface area contributed by atoms with Gasteiger partial charge in [-0.05, 0) is 49.6 Å². The molecule has 1 heterocycles. The Morgan fingerprint density at radius 1 is 1.29 bits per heavy atom. The van der Waals surface area contributed by atoms with E-state index in [9.17, 15) is 4.79 Å². The third kappa shape index (κ3) is 3.39. The maximum Gasteiger partial charge on any atom is 0.279 e. The van der Waals surface area contributed by atoms with E-state index < -0.39 is 0 Å². The topological polar surface area (TPSA) is 43.6 Å². The van der Waals surface area contributed by atoms with Gasteiger partial charge in [0.15, 0.2) is 4.80 Å². The number of carbonyl (C=O) groups is 1. The van der Waals surface area contributed by atoms with Crippen molar-refractivity contribution >= 4 is 39.2 Å². The lowest BCUT2D eigenvalue weighted by Crippen LogP contribution is -2.13. The second-order valence-corrected chi connectivity index (χ2v) is 7.04. The van der Waals surface area contributed by atoms with Gasteiger partial charge in [-0.1, -0.05) is 17.4 Å². The van der Waals surface area contributed by atoms with Gasteiger partial charge >= 0.3 is 0 Å². The van der Waals surface area contributed by atoms with Crippen molar-refractivity contribution in [1.82, 2.24) is 4.57 Å². The molecule has 0 unspecified atom stereocenters. The molecule has 1 amide bonds. The van der Waals surface area contributed by atoms with Gasteiger partial charge in [0.25, 0.3) is 5.91 Å². The monoisotopic (exact) mass is 358 g/mol. The fourth-order valence-electron chi connectivity index (χ4n) is 2.38. The lowest BCUT2D eigenvalue weighted by molar-refractivity contribution is 0.0997. The van der Waals surface area contributed by atoms with Crippen LogP contribution in [0.4, 0.5) is 0 Å². The van der Waals surface area contributed by atoms with E-state index in [2.05, 4.69) is 4.99 Å². The third-order valence-corrected chi connectivity index (χ3v) is 5.43. The van der Waals surface area contributed by atoms with Crippen LogP contribution in [0.25, 0.3) is 10.2 Å². The zero-order valence-corrected chi connectivity index (χ0v) is 15.4. The van der Waals surface area contributed by atoms with Gasteiger partial charge in [0, 0.05) is 17.5 Å². The number of nitrogens with zero attached hydrogens (tertiary/aromatic N) is 2. The molecule has 0 saturated heterocycles. The molecule has 124 valence electrons. The number of rotatable bonds is 4. The summed E-state index contributed by atoms with van der Waals surface area (Å²) in [6, 6.07) is 13.5. The van der Waals surface area contributed by atoms with Crippen molar-refractivity contribution in [3.8, 4) is 5.75 Å². The number of ether oxygens (including phenoxy) is 1. The number of amides is 1. The maximum absolute atomic E-state index is 12.5. The van der Waals surface area contributed by atoms with E-state index in [0.717, 1.165) is 20.9 Å². The molecule has 0 spiro atoms. The summed E-state index contributed by atoms with van der Waals surface area (Å²) >= 11 is 3.10. The van der Waals surface area contributed by atoms with Crippen molar-refractivity contribution in [3.63, 3.8) is 0 Å². The van der Waals surface area contributed by atoms with Gasteiger partial charge in [-0.3, -0.25) is 4.79 Å². The van der Waals surface area contributed by atoms with Crippen LogP contribution in [-0.2, 0) is 7.05 Å². The Hall–Kier alpha value is -2.05. The largest absolute Gasteiger partial charge is 0.494 e. The van der Waals surface area contributed by atoms with Crippen LogP contribution in [0.2, 0.25) is 0 Å². The molecule has 0 bridgehead atoms. The number of thioether (sulfide) groups is 1. The number of fused-ring (bicyclic) bond motifs is 1. The Bertz CT molecular complexity index is 957. The Morgan fingerprint density at radius 2 is 2.12 bits per heavy atom. The fourth-order valence-corrected chi connectivity index (χ4v) is 3.89. The Morgan fingerprint density at radius 3 is 2.88 bits per heavy atom. The highest BCUT2D eigenvalue weighted by molar-refractivity contribution is 7.98. The number of aromatic nitrogens is 1. The van der Waals surface area contributed by atoms with Crippen LogP contribution in [0.3, 0.4) is 0 Å². The van der Waals surface area contributed by atoms with Crippen molar-refractivity contribution in [2.45, 2.75) is 11.8 Å². The van der Waals surface area contributed by atoms with Gasteiger partial charge in [-0.25, -0.2) is 0 Å². The molecule has 0 aliphatic rings. The zero-order valence-electron chi connectivity index (χ0n) is 13.8. The first kappa shape index (κ1) is 16.8. The molecule has 4 nitrogen and oxygen atoms in total. The minimum Gasteiger partial charge on any atom is -0.494 e. The molecule has 3 rings (SSSR count). The Kier molecular flexibility index (Phi) is 5.06. The van der Waals surface area contributed by atoms with Crippen molar-refractivity contribution < 1.29 is 9.53 Å².